The number of para-hydroxylation sites is 1. The Morgan fingerprint density at radius 2 is 1.83 bits per heavy atom. The molecular formula is C19H15N3Na2O9S2. The van der Waals surface area contributed by atoms with E-state index in [1.165, 1.54) is 13.2 Å². The van der Waals surface area contributed by atoms with Gasteiger partial charge in [-0.3, -0.25) is 9.83 Å². The number of phenolic OH excluding ortho intramolecular Hbond substituents is 1. The first kappa shape index (κ1) is 31.8. The van der Waals surface area contributed by atoms with Crippen LogP contribution in [0.2, 0.25) is 0 Å². The number of nitrogens with one attached hydrogen (secondary N) is 1. The second-order valence-electron chi connectivity index (χ2n) is 6.37. The number of amides is 1. The minimum atomic E-state index is -4.91. The maximum Gasteiger partial charge on any atom is 1.00 e. The summed E-state index contributed by atoms with van der Waals surface area (Å²) in [5.74, 6) is -0.740. The van der Waals surface area contributed by atoms with Crippen molar-refractivity contribution >= 4 is 55.9 Å². The second-order valence-corrected chi connectivity index (χ2v) is 8.49. The molecule has 174 valence electrons. The van der Waals surface area contributed by atoms with Crippen LogP contribution in [-0.4, -0.2) is 31.1 Å². The van der Waals surface area contributed by atoms with Crippen LogP contribution < -0.4 is 74.4 Å². The van der Waals surface area contributed by atoms with Gasteiger partial charge in [0.05, 0.1) is 34.6 Å². The maximum atomic E-state index is 11.7. The molecule has 35 heavy (non-hydrogen) atoms. The Hall–Kier alpha value is -1.27. The summed E-state index contributed by atoms with van der Waals surface area (Å²) >= 11 is 0.360. The van der Waals surface area contributed by atoms with E-state index < -0.39 is 26.7 Å². The summed E-state index contributed by atoms with van der Waals surface area (Å²) in [5, 5.41) is 35.1. The van der Waals surface area contributed by atoms with Crippen LogP contribution in [0.15, 0.2) is 62.5 Å². The molecule has 3 aromatic carbocycles. The summed E-state index contributed by atoms with van der Waals surface area (Å²) in [6, 6.07) is 9.81. The molecule has 3 rings (SSSR count). The summed E-state index contributed by atoms with van der Waals surface area (Å²) in [5.41, 5.74) is -0.0377. The predicted octanol–water partition coefficient (Wildman–Crippen LogP) is -2.93. The van der Waals surface area contributed by atoms with E-state index in [4.69, 9.17) is 4.74 Å². The molecule has 2 N–H and O–H groups in total. The average Bonchev–Trinajstić information content (AvgIpc) is 2.75. The van der Waals surface area contributed by atoms with Crippen molar-refractivity contribution in [2.45, 2.75) is 16.7 Å². The van der Waals surface area contributed by atoms with E-state index in [9.17, 15) is 28.1 Å². The summed E-state index contributed by atoms with van der Waals surface area (Å²) < 4.78 is 44.3. The van der Waals surface area contributed by atoms with Crippen molar-refractivity contribution in [2.24, 2.45) is 10.2 Å². The molecule has 0 unspecified atom stereocenters. The Labute approximate surface area is 248 Å². The van der Waals surface area contributed by atoms with Gasteiger partial charge in [-0.15, -0.1) is 10.2 Å². The number of nitrogens with zero attached hydrogens (tertiary/aromatic N) is 2. The summed E-state index contributed by atoms with van der Waals surface area (Å²) in [4.78, 5) is 11.0. The van der Waals surface area contributed by atoms with E-state index in [-0.39, 0.29) is 86.2 Å². The largest absolute Gasteiger partial charge is 1.00 e. The van der Waals surface area contributed by atoms with Gasteiger partial charge in [-0.2, -0.15) is 4.33 Å². The third-order valence-electron chi connectivity index (χ3n) is 4.22. The predicted molar refractivity (Wildman–Crippen MR) is 113 cm³/mol. The molecule has 12 nitrogen and oxygen atoms in total. The molecule has 0 saturated heterocycles. The molecule has 0 aliphatic rings. The molecule has 16 heteroatoms. The number of carbonyl (C=O) groups excluding carboxylic acids is 1. The number of anilines is 1. The molecule has 0 heterocycles. The number of methoxy groups -OCH3 is 1. The minimum absolute atomic E-state index is 0. The molecule has 0 bridgehead atoms. The molecule has 0 saturated carbocycles. The van der Waals surface area contributed by atoms with Gasteiger partial charge < -0.3 is 25.0 Å². The van der Waals surface area contributed by atoms with Crippen molar-refractivity contribution in [3.05, 3.63) is 42.5 Å². The fourth-order valence-electron chi connectivity index (χ4n) is 2.92. The van der Waals surface area contributed by atoms with Crippen molar-refractivity contribution in [3.8, 4) is 11.5 Å². The van der Waals surface area contributed by atoms with E-state index in [1.54, 1.807) is 24.3 Å². The summed E-state index contributed by atoms with van der Waals surface area (Å²) in [6.07, 6.45) is 0. The number of phenols is 1. The second kappa shape index (κ2) is 13.9. The van der Waals surface area contributed by atoms with Crippen LogP contribution in [0.5, 0.6) is 11.5 Å². The van der Waals surface area contributed by atoms with E-state index >= 15 is 0 Å². The van der Waals surface area contributed by atoms with Gasteiger partial charge in [0.25, 0.3) is 0 Å². The monoisotopic (exact) mass is 539 g/mol. The Morgan fingerprint density at radius 1 is 1.14 bits per heavy atom. The van der Waals surface area contributed by atoms with Crippen molar-refractivity contribution < 1.29 is 101 Å². The number of carbonyl (C=O) groups is 1. The number of hydrogen-bond donors (Lipinski definition) is 2. The first-order valence-corrected chi connectivity index (χ1v) is 11.1. The van der Waals surface area contributed by atoms with Crippen LogP contribution in [0.25, 0.3) is 10.8 Å². The summed E-state index contributed by atoms with van der Waals surface area (Å²) in [6.45, 7) is 1.16. The summed E-state index contributed by atoms with van der Waals surface area (Å²) in [7, 11) is -3.48. The zero-order valence-electron chi connectivity index (χ0n) is 19.0. The normalized spacial score (nSPS) is 11.1. The maximum absolute atomic E-state index is 11.7. The first-order valence-electron chi connectivity index (χ1n) is 8.90. The van der Waals surface area contributed by atoms with Gasteiger partial charge in [0.1, 0.15) is 27.2 Å². The molecule has 0 aliphatic heterocycles. The molecular weight excluding hydrogens is 524 g/mol. The molecule has 0 atom stereocenters. The van der Waals surface area contributed by atoms with Gasteiger partial charge in [-0.25, -0.2) is 8.42 Å². The standard InChI is InChI=1S/C19H17N3O9S2.2Na/c1-10(23)20-14-9-12(33(26,27)28)7-11-8-16(32-31-30-25)18(19(24)17(11)14)22-21-13-5-3-4-6-15(13)29-2;;/h3-9,24-25H,1-2H3,(H,20,23)(H,26,27,28);;/q;2*+1/p-2. The van der Waals surface area contributed by atoms with E-state index in [0.29, 0.717) is 23.5 Å². The van der Waals surface area contributed by atoms with Gasteiger partial charge >= 0.3 is 59.1 Å². The fraction of sp³-hybridized carbons (Fsp3) is 0.105. The molecule has 0 fully saturated rings. The van der Waals surface area contributed by atoms with E-state index in [0.717, 1.165) is 19.1 Å². The minimum Gasteiger partial charge on any atom is -0.744 e. The van der Waals surface area contributed by atoms with Crippen LogP contribution in [0, 0.1) is 0 Å². The van der Waals surface area contributed by atoms with Gasteiger partial charge in [0.15, 0.2) is 5.75 Å². The first-order chi connectivity index (χ1) is 15.7. The van der Waals surface area contributed by atoms with Gasteiger partial charge in [-0.1, -0.05) is 12.1 Å². The van der Waals surface area contributed by atoms with Crippen LogP contribution >= 0.6 is 12.0 Å². The number of benzene rings is 3. The smallest absolute Gasteiger partial charge is 0.744 e. The molecule has 0 radical (unpaired) electrons. The fourth-order valence-corrected chi connectivity index (χ4v) is 3.95. The van der Waals surface area contributed by atoms with E-state index in [2.05, 4.69) is 24.9 Å². The topological polar surface area (TPSA) is 182 Å². The molecule has 1 amide bonds. The number of aromatic hydroxyl groups is 1. The van der Waals surface area contributed by atoms with Gasteiger partial charge in [-0.05, 0) is 35.7 Å². The van der Waals surface area contributed by atoms with Crippen molar-refractivity contribution in [3.63, 3.8) is 0 Å². The SMILES string of the molecule is COc1ccccc1N=Nc1c(SOO[O-])cc2cc(S(=O)(=O)[O-])cc(NC(C)=O)c2c1O.[Na+].[Na+]. The number of azo groups is 1. The number of fused-ring (bicyclic) bond motifs is 1. The third-order valence-corrected chi connectivity index (χ3v) is 5.64. The number of rotatable bonds is 8. The Kier molecular flexibility index (Phi) is 12.6. The molecule has 3 aromatic rings. The van der Waals surface area contributed by atoms with Crippen LogP contribution in [-0.2, 0) is 24.3 Å². The zero-order valence-corrected chi connectivity index (χ0v) is 24.6. The van der Waals surface area contributed by atoms with Crippen LogP contribution in [0.4, 0.5) is 17.1 Å². The number of ether oxygens (including phenoxy) is 1. The van der Waals surface area contributed by atoms with Crippen molar-refractivity contribution in [1.29, 1.82) is 0 Å². The quantitative estimate of drug-likeness (QED) is 0.0751. The molecule has 0 aliphatic carbocycles. The Bertz CT molecular complexity index is 1360. The van der Waals surface area contributed by atoms with Crippen molar-refractivity contribution in [1.82, 2.24) is 0 Å². The molecule has 0 spiro atoms. The van der Waals surface area contributed by atoms with Gasteiger partial charge in [0, 0.05) is 12.3 Å². The molecule has 0 aromatic heterocycles. The Morgan fingerprint density at radius 3 is 2.43 bits per heavy atom. The van der Waals surface area contributed by atoms with E-state index in [1.807, 2.05) is 0 Å². The number of hydrogen-bond acceptors (Lipinski definition) is 12. The average molecular weight is 539 g/mol. The Balaban J connectivity index is 0.00000306. The van der Waals surface area contributed by atoms with Crippen molar-refractivity contribution in [2.75, 3.05) is 12.4 Å². The van der Waals surface area contributed by atoms with Crippen LogP contribution in [0.3, 0.4) is 0 Å². The zero-order chi connectivity index (χ0) is 24.2. The van der Waals surface area contributed by atoms with Gasteiger partial charge in [0.2, 0.25) is 5.91 Å². The van der Waals surface area contributed by atoms with Crippen LogP contribution in [0.1, 0.15) is 6.92 Å². The third kappa shape index (κ3) is 7.85.